The van der Waals surface area contributed by atoms with Crippen LogP contribution in [0.25, 0.3) is 0 Å². The number of carbonyl (C=O) groups excluding carboxylic acids is 1. The Labute approximate surface area is 141 Å². The summed E-state index contributed by atoms with van der Waals surface area (Å²) in [7, 11) is 1.56. The number of hydrogen-bond acceptors (Lipinski definition) is 5. The molecule has 1 aliphatic rings. The number of nitrogens with one attached hydrogen (secondary N) is 1. The molecule has 1 aromatic rings. The van der Waals surface area contributed by atoms with E-state index in [1.807, 2.05) is 4.90 Å². The smallest absolute Gasteiger partial charge is 0.308 e. The summed E-state index contributed by atoms with van der Waals surface area (Å²) in [5, 5.41) is 21.6. The van der Waals surface area contributed by atoms with Gasteiger partial charge >= 0.3 is 5.97 Å². The maximum atomic E-state index is 12.1. The van der Waals surface area contributed by atoms with Crippen molar-refractivity contribution in [2.45, 2.75) is 25.4 Å². The van der Waals surface area contributed by atoms with Crippen LogP contribution in [0.2, 0.25) is 0 Å². The molecular formula is C17H24N2O5. The van der Waals surface area contributed by atoms with Gasteiger partial charge in [-0.15, -0.1) is 0 Å². The molecule has 0 spiro atoms. The molecule has 0 unspecified atom stereocenters. The summed E-state index contributed by atoms with van der Waals surface area (Å²) < 4.78 is 5.05. The van der Waals surface area contributed by atoms with Gasteiger partial charge in [-0.25, -0.2) is 0 Å². The largest absolute Gasteiger partial charge is 0.497 e. The van der Waals surface area contributed by atoms with Gasteiger partial charge in [0, 0.05) is 31.7 Å². The second kappa shape index (κ2) is 8.65. The number of piperidine rings is 1. The minimum absolute atomic E-state index is 0.0829. The second-order valence-corrected chi connectivity index (χ2v) is 6.05. The van der Waals surface area contributed by atoms with Crippen molar-refractivity contribution in [3.05, 3.63) is 24.3 Å². The average Bonchev–Trinajstić information content (AvgIpc) is 2.56. The van der Waals surface area contributed by atoms with E-state index in [0.717, 1.165) is 0 Å². The Balaban J connectivity index is 1.86. The molecular weight excluding hydrogens is 312 g/mol. The summed E-state index contributed by atoms with van der Waals surface area (Å²) in [5.41, 5.74) is 0.603. The van der Waals surface area contributed by atoms with Crippen LogP contribution in [-0.2, 0) is 9.59 Å². The fourth-order valence-corrected chi connectivity index (χ4v) is 2.75. The molecule has 7 heteroatoms. The minimum atomic E-state index is -0.981. The predicted octanol–water partition coefficient (Wildman–Crippen LogP) is 1.18. The van der Waals surface area contributed by atoms with Crippen LogP contribution in [0.4, 0.5) is 5.69 Å². The van der Waals surface area contributed by atoms with Crippen molar-refractivity contribution in [3.63, 3.8) is 0 Å². The molecule has 2 rings (SSSR count). The highest BCUT2D eigenvalue weighted by molar-refractivity contribution is 5.93. The first-order valence-corrected chi connectivity index (χ1v) is 8.05. The van der Waals surface area contributed by atoms with E-state index in [2.05, 4.69) is 5.32 Å². The summed E-state index contributed by atoms with van der Waals surface area (Å²) in [6.45, 7) is 1.63. The number of aliphatic hydroxyl groups excluding tert-OH is 1. The molecule has 0 radical (unpaired) electrons. The Bertz CT molecular complexity index is 553. The van der Waals surface area contributed by atoms with Crippen molar-refractivity contribution in [1.82, 2.24) is 4.90 Å². The molecule has 1 atom stereocenters. The van der Waals surface area contributed by atoms with Gasteiger partial charge in [-0.3, -0.25) is 9.59 Å². The topological polar surface area (TPSA) is 99.1 Å². The molecule has 1 aromatic carbocycles. The Morgan fingerprint density at radius 2 is 1.92 bits per heavy atom. The molecule has 0 saturated carbocycles. The average molecular weight is 336 g/mol. The number of rotatable bonds is 7. The van der Waals surface area contributed by atoms with Gasteiger partial charge in [-0.2, -0.15) is 0 Å². The summed E-state index contributed by atoms with van der Waals surface area (Å²) in [5.74, 6) is -1.39. The fourth-order valence-electron chi connectivity index (χ4n) is 2.75. The minimum Gasteiger partial charge on any atom is -0.497 e. The van der Waals surface area contributed by atoms with E-state index in [1.54, 1.807) is 31.4 Å². The Hall–Kier alpha value is -2.12. The molecule has 132 valence electrons. The van der Waals surface area contributed by atoms with Crippen molar-refractivity contribution in [1.29, 1.82) is 0 Å². The molecule has 24 heavy (non-hydrogen) atoms. The molecule has 1 heterocycles. The number of aliphatic carboxylic acids is 1. The van der Waals surface area contributed by atoms with Crippen molar-refractivity contribution in [2.24, 2.45) is 5.92 Å². The number of nitrogens with zero attached hydrogens (tertiary/aromatic N) is 1. The highest BCUT2D eigenvalue weighted by Gasteiger charge is 2.26. The van der Waals surface area contributed by atoms with E-state index >= 15 is 0 Å². The Morgan fingerprint density at radius 3 is 2.46 bits per heavy atom. The number of likely N-dealkylation sites (tertiary alicyclic amines) is 1. The molecule has 0 aliphatic carbocycles. The van der Waals surface area contributed by atoms with E-state index in [9.17, 15) is 19.8 Å². The van der Waals surface area contributed by atoms with Crippen LogP contribution in [0, 0.1) is 5.92 Å². The van der Waals surface area contributed by atoms with Gasteiger partial charge in [0.25, 0.3) is 0 Å². The number of amides is 1. The quantitative estimate of drug-likeness (QED) is 0.691. The van der Waals surface area contributed by atoms with Gasteiger partial charge in [0.15, 0.2) is 0 Å². The van der Waals surface area contributed by atoms with Gasteiger partial charge in [0.1, 0.15) is 5.75 Å². The number of hydrogen-bond donors (Lipinski definition) is 3. The number of carboxylic acid groups (broad SMARTS) is 1. The van der Waals surface area contributed by atoms with Gasteiger partial charge in [-0.05, 0) is 37.1 Å². The van der Waals surface area contributed by atoms with Gasteiger partial charge in [0.05, 0.1) is 19.1 Å². The molecule has 1 saturated heterocycles. The third-order valence-electron chi connectivity index (χ3n) is 4.19. The van der Waals surface area contributed by atoms with Crippen molar-refractivity contribution < 1.29 is 24.5 Å². The maximum Gasteiger partial charge on any atom is 0.308 e. The predicted molar refractivity (Wildman–Crippen MR) is 89.0 cm³/mol. The number of carbonyl (C=O) groups is 2. The highest BCUT2D eigenvalue weighted by atomic mass is 16.5. The van der Waals surface area contributed by atoms with E-state index in [1.165, 1.54) is 0 Å². The van der Waals surface area contributed by atoms with Crippen LogP contribution < -0.4 is 10.1 Å². The van der Waals surface area contributed by atoms with E-state index in [0.29, 0.717) is 43.9 Å². The first-order valence-electron chi connectivity index (χ1n) is 8.05. The zero-order valence-electron chi connectivity index (χ0n) is 13.8. The standard InChI is InChI=1S/C17H24N2O5/c1-24-15-4-2-13(3-5-15)18-16(21)10-12(17(22)23)11-19-8-6-14(20)7-9-19/h2-5,12,14,20H,6-11H2,1H3,(H,18,21)(H,22,23)/t12-/m0/s1. The number of ether oxygens (including phenoxy) is 1. The molecule has 0 bridgehead atoms. The van der Waals surface area contributed by atoms with Crippen LogP contribution in [-0.4, -0.2) is 59.8 Å². The molecule has 1 amide bonds. The zero-order valence-corrected chi connectivity index (χ0v) is 13.8. The fraction of sp³-hybridized carbons (Fsp3) is 0.529. The molecule has 3 N–H and O–H groups in total. The van der Waals surface area contributed by atoms with Crippen molar-refractivity contribution >= 4 is 17.6 Å². The van der Waals surface area contributed by atoms with E-state index < -0.39 is 11.9 Å². The van der Waals surface area contributed by atoms with Gasteiger partial charge in [0.2, 0.25) is 5.91 Å². The monoisotopic (exact) mass is 336 g/mol. The Morgan fingerprint density at radius 1 is 1.29 bits per heavy atom. The van der Waals surface area contributed by atoms with Crippen LogP contribution in [0.5, 0.6) is 5.75 Å². The number of carboxylic acids is 1. The molecule has 0 aromatic heterocycles. The zero-order chi connectivity index (χ0) is 17.5. The summed E-state index contributed by atoms with van der Waals surface area (Å²) in [4.78, 5) is 25.5. The number of methoxy groups -OCH3 is 1. The third-order valence-corrected chi connectivity index (χ3v) is 4.19. The number of anilines is 1. The lowest BCUT2D eigenvalue weighted by atomic mass is 10.0. The molecule has 1 fully saturated rings. The first kappa shape index (κ1) is 18.2. The summed E-state index contributed by atoms with van der Waals surface area (Å²) in [6.07, 6.45) is 0.901. The van der Waals surface area contributed by atoms with Gasteiger partial charge < -0.3 is 25.2 Å². The lowest BCUT2D eigenvalue weighted by molar-refractivity contribution is -0.144. The number of benzene rings is 1. The van der Waals surface area contributed by atoms with Crippen molar-refractivity contribution in [2.75, 3.05) is 32.1 Å². The highest BCUT2D eigenvalue weighted by Crippen LogP contribution is 2.17. The maximum absolute atomic E-state index is 12.1. The van der Waals surface area contributed by atoms with Crippen LogP contribution >= 0.6 is 0 Å². The normalized spacial score (nSPS) is 17.2. The SMILES string of the molecule is COc1ccc(NC(=O)C[C@@H](CN2CCC(O)CC2)C(=O)O)cc1. The van der Waals surface area contributed by atoms with Gasteiger partial charge in [-0.1, -0.05) is 0 Å². The van der Waals surface area contributed by atoms with E-state index in [4.69, 9.17) is 4.74 Å². The van der Waals surface area contributed by atoms with E-state index in [-0.39, 0.29) is 18.4 Å². The van der Waals surface area contributed by atoms with Crippen LogP contribution in [0.15, 0.2) is 24.3 Å². The van der Waals surface area contributed by atoms with Crippen LogP contribution in [0.3, 0.4) is 0 Å². The summed E-state index contributed by atoms with van der Waals surface area (Å²) in [6, 6.07) is 6.86. The summed E-state index contributed by atoms with van der Waals surface area (Å²) >= 11 is 0. The van der Waals surface area contributed by atoms with Crippen molar-refractivity contribution in [3.8, 4) is 5.75 Å². The molecule has 7 nitrogen and oxygen atoms in total. The van der Waals surface area contributed by atoms with Crippen LogP contribution in [0.1, 0.15) is 19.3 Å². The number of aliphatic hydroxyl groups is 1. The lowest BCUT2D eigenvalue weighted by Crippen LogP contribution is -2.41. The Kier molecular flexibility index (Phi) is 6.57. The molecule has 1 aliphatic heterocycles. The first-order chi connectivity index (χ1) is 11.5. The lowest BCUT2D eigenvalue weighted by Gasteiger charge is -2.31. The second-order valence-electron chi connectivity index (χ2n) is 6.05. The third kappa shape index (κ3) is 5.50.